The van der Waals surface area contributed by atoms with E-state index in [1.807, 2.05) is 0 Å². The molecule has 0 spiro atoms. The topological polar surface area (TPSA) is 43.1 Å². The van der Waals surface area contributed by atoms with Crippen LogP contribution in [0.5, 0.6) is 0 Å². The van der Waals surface area contributed by atoms with Crippen molar-refractivity contribution in [1.82, 2.24) is 0 Å². The monoisotopic (exact) mass is 285 g/mol. The molecule has 4 radical (unpaired) electrons. The van der Waals surface area contributed by atoms with Crippen molar-refractivity contribution in [3.8, 4) is 0 Å². The Hall–Kier alpha value is 0.742. The Kier molecular flexibility index (Phi) is 8.75. The Morgan fingerprint density at radius 2 is 1.80 bits per heavy atom. The van der Waals surface area contributed by atoms with E-state index in [1.54, 1.807) is 0 Å². The SMILES string of the molecule is NC(=O)S.[Pb]. The predicted molar refractivity (Wildman–Crippen MR) is 24.3 cm³/mol. The first-order valence-electron chi connectivity index (χ1n) is 0.716. The van der Waals surface area contributed by atoms with Crippen LogP contribution in [0.15, 0.2) is 0 Å². The Balaban J connectivity index is 0. The van der Waals surface area contributed by atoms with Gasteiger partial charge in [0, 0.05) is 27.3 Å². The molecule has 2 N–H and O–H groups in total. The Bertz CT molecular complexity index is 34.6. The van der Waals surface area contributed by atoms with E-state index in [4.69, 9.17) is 4.79 Å². The van der Waals surface area contributed by atoms with Gasteiger partial charge in [0.1, 0.15) is 0 Å². The van der Waals surface area contributed by atoms with E-state index in [9.17, 15) is 0 Å². The molecule has 2 nitrogen and oxygen atoms in total. The molecule has 5 heavy (non-hydrogen) atoms. The number of thiol groups is 1. The molecule has 28 valence electrons. The minimum absolute atomic E-state index is 0. The number of hydrogen-bond acceptors (Lipinski definition) is 1. The van der Waals surface area contributed by atoms with Crippen LogP contribution in [-0.2, 0) is 0 Å². The van der Waals surface area contributed by atoms with Crippen LogP contribution in [0.3, 0.4) is 0 Å². The van der Waals surface area contributed by atoms with Gasteiger partial charge in [0.05, 0.1) is 0 Å². The molecule has 0 bridgehead atoms. The molecule has 0 aromatic rings. The smallest absolute Gasteiger partial charge is 0.273 e. The van der Waals surface area contributed by atoms with E-state index < -0.39 is 5.24 Å². The largest absolute Gasteiger partial charge is 0.361 e. The third-order valence-electron chi connectivity index (χ3n) is 0. The fraction of sp³-hybridized carbons (Fsp3) is 0. The van der Waals surface area contributed by atoms with Crippen LogP contribution < -0.4 is 5.73 Å². The average Bonchev–Trinajstić information content (AvgIpc) is 0.811. The van der Waals surface area contributed by atoms with E-state index in [0.717, 1.165) is 0 Å². The van der Waals surface area contributed by atoms with Crippen molar-refractivity contribution in [2.45, 2.75) is 0 Å². The molecule has 0 heterocycles. The van der Waals surface area contributed by atoms with Crippen LogP contribution in [0.4, 0.5) is 4.79 Å². The minimum Gasteiger partial charge on any atom is -0.361 e. The summed E-state index contributed by atoms with van der Waals surface area (Å²) in [7, 11) is 0. The van der Waals surface area contributed by atoms with Crippen molar-refractivity contribution in [3.63, 3.8) is 0 Å². The molecule has 0 atom stereocenters. The van der Waals surface area contributed by atoms with Crippen LogP contribution in [-0.4, -0.2) is 32.5 Å². The van der Waals surface area contributed by atoms with Gasteiger partial charge in [0.25, 0.3) is 5.24 Å². The quantitative estimate of drug-likeness (QED) is 0.462. The fourth-order valence-corrected chi connectivity index (χ4v) is 0. The van der Waals surface area contributed by atoms with Crippen LogP contribution in [0, 0.1) is 0 Å². The minimum atomic E-state index is -0.639. The maximum Gasteiger partial charge on any atom is 0.273 e. The summed E-state index contributed by atoms with van der Waals surface area (Å²) in [6, 6.07) is 0. The maximum atomic E-state index is 9.09. The molecular weight excluding hydrogens is 281 g/mol. The summed E-state index contributed by atoms with van der Waals surface area (Å²) in [6.45, 7) is 0. The van der Waals surface area contributed by atoms with Gasteiger partial charge in [-0.2, -0.15) is 0 Å². The third-order valence-corrected chi connectivity index (χ3v) is 0. The molecule has 0 fully saturated rings. The zero-order valence-electron chi connectivity index (χ0n) is 2.43. The van der Waals surface area contributed by atoms with Gasteiger partial charge in [0.15, 0.2) is 0 Å². The van der Waals surface area contributed by atoms with Gasteiger partial charge in [-0.25, -0.2) is 0 Å². The van der Waals surface area contributed by atoms with Crippen molar-refractivity contribution >= 4 is 45.2 Å². The van der Waals surface area contributed by atoms with Gasteiger partial charge in [-0.1, -0.05) is 12.6 Å². The third kappa shape index (κ3) is 64.7. The Morgan fingerprint density at radius 3 is 1.80 bits per heavy atom. The molecule has 4 heteroatoms. The van der Waals surface area contributed by atoms with Gasteiger partial charge < -0.3 is 5.73 Å². The molecule has 0 aliphatic rings. The average molecular weight is 284 g/mol. The molecule has 0 rings (SSSR count). The summed E-state index contributed by atoms with van der Waals surface area (Å²) in [4.78, 5) is 9.09. The molecule has 0 saturated heterocycles. The van der Waals surface area contributed by atoms with Gasteiger partial charge in [-0.3, -0.25) is 4.79 Å². The number of rotatable bonds is 0. The summed E-state index contributed by atoms with van der Waals surface area (Å²) < 4.78 is 0. The normalized spacial score (nSPS) is 5.00. The summed E-state index contributed by atoms with van der Waals surface area (Å²) in [5.41, 5.74) is 4.34. The van der Waals surface area contributed by atoms with Gasteiger partial charge in [-0.15, -0.1) is 0 Å². The summed E-state index contributed by atoms with van der Waals surface area (Å²) in [6.07, 6.45) is 0. The molecule has 0 aromatic carbocycles. The number of amides is 1. The zero-order chi connectivity index (χ0) is 3.58. The first kappa shape index (κ1) is 9.22. The van der Waals surface area contributed by atoms with E-state index in [-0.39, 0.29) is 27.3 Å². The molecular formula is CH3NOPbS. The summed E-state index contributed by atoms with van der Waals surface area (Å²) in [5, 5.41) is -0.639. The van der Waals surface area contributed by atoms with Gasteiger partial charge >= 0.3 is 0 Å². The number of carbonyl (C=O) groups excluding carboxylic acids is 1. The molecule has 0 unspecified atom stereocenters. The van der Waals surface area contributed by atoms with Crippen molar-refractivity contribution in [2.24, 2.45) is 5.73 Å². The summed E-state index contributed by atoms with van der Waals surface area (Å²) in [5.74, 6) is 0. The van der Waals surface area contributed by atoms with Crippen molar-refractivity contribution < 1.29 is 4.79 Å². The second kappa shape index (κ2) is 4.74. The molecule has 0 saturated carbocycles. The fourth-order valence-electron chi connectivity index (χ4n) is 0. The first-order chi connectivity index (χ1) is 1.73. The van der Waals surface area contributed by atoms with Gasteiger partial charge in [0.2, 0.25) is 0 Å². The van der Waals surface area contributed by atoms with Crippen molar-refractivity contribution in [1.29, 1.82) is 0 Å². The second-order valence-electron chi connectivity index (χ2n) is 0.338. The Morgan fingerprint density at radius 1 is 1.80 bits per heavy atom. The molecule has 1 amide bonds. The number of primary amides is 1. The Labute approximate surface area is 55.7 Å². The van der Waals surface area contributed by atoms with Crippen LogP contribution in [0.25, 0.3) is 0 Å². The number of carbonyl (C=O) groups is 1. The molecule has 0 aliphatic carbocycles. The van der Waals surface area contributed by atoms with E-state index >= 15 is 0 Å². The molecule has 0 aliphatic heterocycles. The first-order valence-corrected chi connectivity index (χ1v) is 1.16. The molecule has 0 aromatic heterocycles. The summed E-state index contributed by atoms with van der Waals surface area (Å²) >= 11 is 3.10. The van der Waals surface area contributed by atoms with E-state index in [1.165, 1.54) is 0 Å². The van der Waals surface area contributed by atoms with Crippen LogP contribution in [0.1, 0.15) is 0 Å². The maximum absolute atomic E-state index is 9.09. The standard InChI is InChI=1S/CH3NOS.Pb/c2-1(3)4;/h(H3,2,3,4);. The number of hydrogen-bond donors (Lipinski definition) is 2. The van der Waals surface area contributed by atoms with Crippen LogP contribution in [0.2, 0.25) is 0 Å². The van der Waals surface area contributed by atoms with Crippen LogP contribution >= 0.6 is 12.6 Å². The zero-order valence-corrected chi connectivity index (χ0v) is 7.21. The predicted octanol–water partition coefficient (Wildman–Crippen LogP) is -0.386. The van der Waals surface area contributed by atoms with E-state index in [0.29, 0.717) is 0 Å². The van der Waals surface area contributed by atoms with Crippen molar-refractivity contribution in [3.05, 3.63) is 0 Å². The van der Waals surface area contributed by atoms with E-state index in [2.05, 4.69) is 18.4 Å². The van der Waals surface area contributed by atoms with Crippen molar-refractivity contribution in [2.75, 3.05) is 0 Å². The van der Waals surface area contributed by atoms with Gasteiger partial charge in [-0.05, 0) is 0 Å². The number of nitrogens with two attached hydrogens (primary N) is 1. The second-order valence-corrected chi connectivity index (χ2v) is 0.779.